The van der Waals surface area contributed by atoms with Crippen LogP contribution < -0.4 is 5.32 Å². The number of halogens is 2. The van der Waals surface area contributed by atoms with Crippen molar-refractivity contribution in [1.29, 1.82) is 0 Å². The molecule has 0 aliphatic rings. The lowest BCUT2D eigenvalue weighted by atomic mass is 10.1. The quantitative estimate of drug-likeness (QED) is 0.824. The molecular weight excluding hydrogens is 210 g/mol. The van der Waals surface area contributed by atoms with Crippen LogP contribution in [-0.2, 0) is 6.42 Å². The standard InChI is InChI=1S/C12H18F2N2/c1-15-10(8-16(2)3)6-9-4-5-11(13)12(14)7-9/h4-5,7,10,15H,6,8H2,1-3H3. The van der Waals surface area contributed by atoms with Gasteiger partial charge in [-0.05, 0) is 45.3 Å². The summed E-state index contributed by atoms with van der Waals surface area (Å²) in [4.78, 5) is 2.06. The van der Waals surface area contributed by atoms with Crippen molar-refractivity contribution in [3.63, 3.8) is 0 Å². The molecule has 1 atom stereocenters. The first kappa shape index (κ1) is 13.1. The Morgan fingerprint density at radius 2 is 1.94 bits per heavy atom. The van der Waals surface area contributed by atoms with Crippen LogP contribution in [0.2, 0.25) is 0 Å². The molecule has 2 nitrogen and oxygen atoms in total. The Labute approximate surface area is 95.3 Å². The van der Waals surface area contributed by atoms with E-state index in [-0.39, 0.29) is 6.04 Å². The monoisotopic (exact) mass is 228 g/mol. The molecule has 0 saturated heterocycles. The van der Waals surface area contributed by atoms with Gasteiger partial charge in [0.2, 0.25) is 0 Å². The summed E-state index contributed by atoms with van der Waals surface area (Å²) in [5.74, 6) is -1.57. The fraction of sp³-hybridized carbons (Fsp3) is 0.500. The van der Waals surface area contributed by atoms with Gasteiger partial charge in [0.25, 0.3) is 0 Å². The zero-order valence-corrected chi connectivity index (χ0v) is 9.93. The number of hydrogen-bond acceptors (Lipinski definition) is 2. The summed E-state index contributed by atoms with van der Waals surface area (Å²) in [7, 11) is 5.83. The Morgan fingerprint density at radius 3 is 2.44 bits per heavy atom. The fourth-order valence-electron chi connectivity index (χ4n) is 1.65. The maximum Gasteiger partial charge on any atom is 0.159 e. The summed E-state index contributed by atoms with van der Waals surface area (Å²) in [5.41, 5.74) is 0.806. The second-order valence-corrected chi connectivity index (χ2v) is 4.20. The largest absolute Gasteiger partial charge is 0.315 e. The minimum atomic E-state index is -0.794. The van der Waals surface area contributed by atoms with Crippen LogP contribution in [0.25, 0.3) is 0 Å². The first-order valence-corrected chi connectivity index (χ1v) is 5.29. The van der Waals surface area contributed by atoms with Gasteiger partial charge in [-0.15, -0.1) is 0 Å². The van der Waals surface area contributed by atoms with E-state index in [9.17, 15) is 8.78 Å². The van der Waals surface area contributed by atoms with E-state index in [2.05, 4.69) is 10.2 Å². The third kappa shape index (κ3) is 3.87. The van der Waals surface area contributed by atoms with Gasteiger partial charge in [0.1, 0.15) is 0 Å². The van der Waals surface area contributed by atoms with Gasteiger partial charge in [0.05, 0.1) is 0 Å². The summed E-state index contributed by atoms with van der Waals surface area (Å²) < 4.78 is 25.7. The highest BCUT2D eigenvalue weighted by atomic mass is 19.2. The van der Waals surface area contributed by atoms with Crippen molar-refractivity contribution in [2.45, 2.75) is 12.5 Å². The van der Waals surface area contributed by atoms with Gasteiger partial charge < -0.3 is 10.2 Å². The number of nitrogens with zero attached hydrogens (tertiary/aromatic N) is 1. The van der Waals surface area contributed by atoms with Crippen molar-refractivity contribution in [3.8, 4) is 0 Å². The molecule has 1 unspecified atom stereocenters. The van der Waals surface area contributed by atoms with E-state index in [1.807, 2.05) is 21.1 Å². The maximum absolute atomic E-state index is 13.0. The van der Waals surface area contributed by atoms with Crippen molar-refractivity contribution < 1.29 is 8.78 Å². The first-order valence-electron chi connectivity index (χ1n) is 5.29. The van der Waals surface area contributed by atoms with E-state index < -0.39 is 11.6 Å². The average Bonchev–Trinajstić information content (AvgIpc) is 2.22. The Morgan fingerprint density at radius 1 is 1.25 bits per heavy atom. The molecule has 0 saturated carbocycles. The van der Waals surface area contributed by atoms with Crippen molar-refractivity contribution in [2.24, 2.45) is 0 Å². The lowest BCUT2D eigenvalue weighted by molar-refractivity contribution is 0.346. The number of hydrogen-bond donors (Lipinski definition) is 1. The van der Waals surface area contributed by atoms with Crippen molar-refractivity contribution in [1.82, 2.24) is 10.2 Å². The SMILES string of the molecule is CNC(Cc1ccc(F)c(F)c1)CN(C)C. The van der Waals surface area contributed by atoms with Gasteiger partial charge in [0, 0.05) is 12.6 Å². The van der Waals surface area contributed by atoms with E-state index in [1.54, 1.807) is 6.07 Å². The lowest BCUT2D eigenvalue weighted by Crippen LogP contribution is -2.37. The van der Waals surface area contributed by atoms with Crippen LogP contribution in [0.15, 0.2) is 18.2 Å². The zero-order chi connectivity index (χ0) is 12.1. The molecule has 0 amide bonds. The van der Waals surface area contributed by atoms with Crippen molar-refractivity contribution in [3.05, 3.63) is 35.4 Å². The fourth-order valence-corrected chi connectivity index (χ4v) is 1.65. The minimum absolute atomic E-state index is 0.236. The van der Waals surface area contributed by atoms with Crippen LogP contribution in [-0.4, -0.2) is 38.6 Å². The molecule has 1 rings (SSSR count). The normalized spacial score (nSPS) is 13.1. The molecule has 0 heterocycles. The third-order valence-corrected chi connectivity index (χ3v) is 2.46. The molecule has 90 valence electrons. The molecule has 0 aliphatic carbocycles. The first-order chi connectivity index (χ1) is 7.52. The molecule has 0 spiro atoms. The van der Waals surface area contributed by atoms with Gasteiger partial charge in [-0.25, -0.2) is 8.78 Å². The topological polar surface area (TPSA) is 15.3 Å². The van der Waals surface area contributed by atoms with E-state index >= 15 is 0 Å². The van der Waals surface area contributed by atoms with Crippen molar-refractivity contribution >= 4 is 0 Å². The minimum Gasteiger partial charge on any atom is -0.315 e. The Hall–Kier alpha value is -1.00. The van der Waals surface area contributed by atoms with E-state index in [4.69, 9.17) is 0 Å². The molecule has 1 N–H and O–H groups in total. The Kier molecular flexibility index (Phi) is 4.83. The van der Waals surface area contributed by atoms with Crippen LogP contribution in [0.4, 0.5) is 8.78 Å². The third-order valence-electron chi connectivity index (χ3n) is 2.46. The summed E-state index contributed by atoms with van der Waals surface area (Å²) in [6.45, 7) is 0.857. The molecule has 0 fully saturated rings. The Bertz CT molecular complexity index is 340. The highest BCUT2D eigenvalue weighted by Gasteiger charge is 2.10. The second kappa shape index (κ2) is 5.92. The summed E-state index contributed by atoms with van der Waals surface area (Å²) in [5, 5.41) is 3.16. The average molecular weight is 228 g/mol. The van der Waals surface area contributed by atoms with Crippen molar-refractivity contribution in [2.75, 3.05) is 27.7 Å². The van der Waals surface area contributed by atoms with Gasteiger partial charge in [-0.2, -0.15) is 0 Å². The number of rotatable bonds is 5. The number of nitrogens with one attached hydrogen (secondary N) is 1. The molecular formula is C12H18F2N2. The molecule has 4 heteroatoms. The molecule has 0 aliphatic heterocycles. The second-order valence-electron chi connectivity index (χ2n) is 4.20. The van der Waals surface area contributed by atoms with E-state index in [0.717, 1.165) is 12.1 Å². The van der Waals surface area contributed by atoms with Crippen LogP contribution in [0.3, 0.4) is 0 Å². The van der Waals surface area contributed by atoms with Gasteiger partial charge in [0.15, 0.2) is 11.6 Å². The Balaban J connectivity index is 2.66. The van der Waals surface area contributed by atoms with Gasteiger partial charge >= 0.3 is 0 Å². The number of likely N-dealkylation sites (N-methyl/N-ethyl adjacent to an activating group) is 2. The summed E-state index contributed by atoms with van der Waals surface area (Å²) in [6, 6.07) is 4.29. The highest BCUT2D eigenvalue weighted by Crippen LogP contribution is 2.10. The zero-order valence-electron chi connectivity index (χ0n) is 9.93. The summed E-state index contributed by atoms with van der Waals surface area (Å²) in [6.07, 6.45) is 0.686. The van der Waals surface area contributed by atoms with Crippen LogP contribution >= 0.6 is 0 Å². The van der Waals surface area contributed by atoms with E-state index in [1.165, 1.54) is 12.1 Å². The van der Waals surface area contributed by atoms with Crippen LogP contribution in [0.1, 0.15) is 5.56 Å². The van der Waals surface area contributed by atoms with E-state index in [0.29, 0.717) is 6.42 Å². The smallest absolute Gasteiger partial charge is 0.159 e. The molecule has 1 aromatic rings. The maximum atomic E-state index is 13.0. The molecule has 0 radical (unpaired) electrons. The van der Waals surface area contributed by atoms with Gasteiger partial charge in [-0.1, -0.05) is 6.07 Å². The lowest BCUT2D eigenvalue weighted by Gasteiger charge is -2.20. The molecule has 0 aromatic heterocycles. The van der Waals surface area contributed by atoms with Gasteiger partial charge in [-0.3, -0.25) is 0 Å². The number of benzene rings is 1. The molecule has 1 aromatic carbocycles. The van der Waals surface area contributed by atoms with Crippen LogP contribution in [0, 0.1) is 11.6 Å². The predicted molar refractivity (Wildman–Crippen MR) is 61.5 cm³/mol. The van der Waals surface area contributed by atoms with Crippen LogP contribution in [0.5, 0.6) is 0 Å². The summed E-state index contributed by atoms with van der Waals surface area (Å²) >= 11 is 0. The molecule has 0 bridgehead atoms. The highest BCUT2D eigenvalue weighted by molar-refractivity contribution is 5.18. The molecule has 16 heavy (non-hydrogen) atoms. The predicted octanol–water partition coefficient (Wildman–Crippen LogP) is 1.66.